The lowest BCUT2D eigenvalue weighted by Gasteiger charge is -2.21. The normalized spacial score (nSPS) is 10.7. The molecule has 2 rings (SSSR count). The van der Waals surface area contributed by atoms with Crippen LogP contribution >= 0.6 is 0 Å². The van der Waals surface area contributed by atoms with Gasteiger partial charge in [-0.2, -0.15) is 0 Å². The summed E-state index contributed by atoms with van der Waals surface area (Å²) in [6, 6.07) is 17.9. The number of nitrogens with one attached hydrogen (secondary N) is 2. The molecule has 0 aromatic heterocycles. The first-order chi connectivity index (χ1) is 13.6. The SMILES string of the molecule is CCCN(CC(=O)NCCCc1ccccc1)CC(=O)Nc1ccccc1C. The minimum atomic E-state index is -0.0976. The molecule has 0 saturated heterocycles. The standard InChI is InChI=1S/C23H31N3O2/c1-3-16-26(18-23(28)25-21-14-8-7-10-19(21)2)17-22(27)24-15-9-13-20-11-5-4-6-12-20/h4-8,10-12,14H,3,9,13,15-18H2,1-2H3,(H,24,27)(H,25,28). The van der Waals surface area contributed by atoms with Crippen molar-refractivity contribution in [2.75, 3.05) is 31.5 Å². The molecule has 2 N–H and O–H groups in total. The molecule has 0 unspecified atom stereocenters. The third-order valence-corrected chi connectivity index (χ3v) is 4.50. The first-order valence-electron chi connectivity index (χ1n) is 9.97. The quantitative estimate of drug-likeness (QED) is 0.587. The number of hydrogen-bond acceptors (Lipinski definition) is 3. The van der Waals surface area contributed by atoms with Crippen LogP contribution < -0.4 is 10.6 Å². The second-order valence-electron chi connectivity index (χ2n) is 7.01. The summed E-state index contributed by atoms with van der Waals surface area (Å²) in [5, 5.41) is 5.89. The smallest absolute Gasteiger partial charge is 0.238 e. The van der Waals surface area contributed by atoms with Gasteiger partial charge in [-0.25, -0.2) is 0 Å². The van der Waals surface area contributed by atoms with E-state index in [1.54, 1.807) is 0 Å². The molecule has 0 fully saturated rings. The Kier molecular flexibility index (Phi) is 9.22. The highest BCUT2D eigenvalue weighted by Crippen LogP contribution is 2.13. The van der Waals surface area contributed by atoms with Gasteiger partial charge in [-0.15, -0.1) is 0 Å². The van der Waals surface area contributed by atoms with Crippen molar-refractivity contribution in [3.05, 3.63) is 65.7 Å². The Hall–Kier alpha value is -2.66. The molecular formula is C23H31N3O2. The molecule has 0 atom stereocenters. The van der Waals surface area contributed by atoms with Crippen LogP contribution in [0.2, 0.25) is 0 Å². The molecule has 5 heteroatoms. The number of hydrogen-bond donors (Lipinski definition) is 2. The first-order valence-corrected chi connectivity index (χ1v) is 9.97. The summed E-state index contributed by atoms with van der Waals surface area (Å²) < 4.78 is 0. The summed E-state index contributed by atoms with van der Waals surface area (Å²) in [7, 11) is 0. The van der Waals surface area contributed by atoms with Crippen molar-refractivity contribution in [3.63, 3.8) is 0 Å². The van der Waals surface area contributed by atoms with E-state index in [1.807, 2.05) is 61.2 Å². The number of amides is 2. The summed E-state index contributed by atoms with van der Waals surface area (Å²) in [6.07, 6.45) is 2.73. The van der Waals surface area contributed by atoms with Crippen molar-refractivity contribution in [2.24, 2.45) is 0 Å². The number of aryl methyl sites for hydroxylation is 2. The van der Waals surface area contributed by atoms with E-state index in [-0.39, 0.29) is 24.9 Å². The molecule has 0 spiro atoms. The fraction of sp³-hybridized carbons (Fsp3) is 0.391. The maximum Gasteiger partial charge on any atom is 0.238 e. The molecule has 0 aliphatic heterocycles. The number of carbonyl (C=O) groups excluding carboxylic acids is 2. The fourth-order valence-corrected chi connectivity index (χ4v) is 3.06. The van der Waals surface area contributed by atoms with Gasteiger partial charge in [0.15, 0.2) is 0 Å². The Morgan fingerprint density at radius 1 is 0.929 bits per heavy atom. The summed E-state index contributed by atoms with van der Waals surface area (Å²) >= 11 is 0. The molecule has 0 bridgehead atoms. The summed E-state index contributed by atoms with van der Waals surface area (Å²) in [5.74, 6) is -0.134. The van der Waals surface area contributed by atoms with Crippen molar-refractivity contribution >= 4 is 17.5 Å². The van der Waals surface area contributed by atoms with Crippen LogP contribution in [-0.2, 0) is 16.0 Å². The zero-order valence-corrected chi connectivity index (χ0v) is 16.9. The second-order valence-corrected chi connectivity index (χ2v) is 7.01. The minimum Gasteiger partial charge on any atom is -0.355 e. The maximum absolute atomic E-state index is 12.4. The molecule has 0 aliphatic carbocycles. The van der Waals surface area contributed by atoms with Gasteiger partial charge in [-0.05, 0) is 49.9 Å². The van der Waals surface area contributed by atoms with Gasteiger partial charge in [0, 0.05) is 12.2 Å². The van der Waals surface area contributed by atoms with Gasteiger partial charge in [-0.3, -0.25) is 14.5 Å². The van der Waals surface area contributed by atoms with Gasteiger partial charge in [0.05, 0.1) is 13.1 Å². The van der Waals surface area contributed by atoms with Crippen molar-refractivity contribution in [1.82, 2.24) is 10.2 Å². The van der Waals surface area contributed by atoms with E-state index in [4.69, 9.17) is 0 Å². The highest BCUT2D eigenvalue weighted by atomic mass is 16.2. The fourth-order valence-electron chi connectivity index (χ4n) is 3.06. The largest absolute Gasteiger partial charge is 0.355 e. The number of nitrogens with zero attached hydrogens (tertiary/aromatic N) is 1. The number of carbonyl (C=O) groups is 2. The Morgan fingerprint density at radius 2 is 1.61 bits per heavy atom. The van der Waals surface area contributed by atoms with Gasteiger partial charge < -0.3 is 10.6 Å². The van der Waals surface area contributed by atoms with E-state index >= 15 is 0 Å². The highest BCUT2D eigenvalue weighted by Gasteiger charge is 2.14. The van der Waals surface area contributed by atoms with Crippen molar-refractivity contribution in [2.45, 2.75) is 33.1 Å². The highest BCUT2D eigenvalue weighted by molar-refractivity contribution is 5.93. The first kappa shape index (κ1) is 21.6. The van der Waals surface area contributed by atoms with Gasteiger partial charge in [0.1, 0.15) is 0 Å². The van der Waals surface area contributed by atoms with Crippen LogP contribution in [0.4, 0.5) is 5.69 Å². The van der Waals surface area contributed by atoms with Crippen LogP contribution in [0.1, 0.15) is 30.9 Å². The van der Waals surface area contributed by atoms with Gasteiger partial charge in [-0.1, -0.05) is 55.5 Å². The Balaban J connectivity index is 1.73. The summed E-state index contributed by atoms with van der Waals surface area (Å²) in [6.45, 7) is 5.80. The molecule has 2 amide bonds. The Labute approximate surface area is 168 Å². The predicted octanol–water partition coefficient (Wildman–Crippen LogP) is 3.39. The molecule has 150 valence electrons. The van der Waals surface area contributed by atoms with E-state index in [9.17, 15) is 9.59 Å². The molecule has 2 aromatic carbocycles. The second kappa shape index (κ2) is 11.9. The lowest BCUT2D eigenvalue weighted by molar-refractivity contribution is -0.123. The van der Waals surface area contributed by atoms with Gasteiger partial charge in [0.2, 0.25) is 11.8 Å². The van der Waals surface area contributed by atoms with Crippen LogP contribution in [0.5, 0.6) is 0 Å². The molecule has 2 aromatic rings. The number of para-hydroxylation sites is 1. The number of anilines is 1. The summed E-state index contributed by atoms with van der Waals surface area (Å²) in [4.78, 5) is 26.5. The maximum atomic E-state index is 12.4. The van der Waals surface area contributed by atoms with Crippen LogP contribution in [0, 0.1) is 6.92 Å². The van der Waals surface area contributed by atoms with Crippen molar-refractivity contribution < 1.29 is 9.59 Å². The molecule has 0 aliphatic rings. The Bertz CT molecular complexity index is 747. The monoisotopic (exact) mass is 381 g/mol. The van der Waals surface area contributed by atoms with Crippen LogP contribution in [0.3, 0.4) is 0 Å². The molecule has 0 heterocycles. The van der Waals surface area contributed by atoms with Gasteiger partial charge >= 0.3 is 0 Å². The average Bonchev–Trinajstić information content (AvgIpc) is 2.68. The van der Waals surface area contributed by atoms with Crippen LogP contribution in [0.15, 0.2) is 54.6 Å². The molecule has 5 nitrogen and oxygen atoms in total. The molecule has 0 saturated carbocycles. The third-order valence-electron chi connectivity index (χ3n) is 4.50. The van der Waals surface area contributed by atoms with Crippen LogP contribution in [0.25, 0.3) is 0 Å². The van der Waals surface area contributed by atoms with Crippen molar-refractivity contribution in [3.8, 4) is 0 Å². The Morgan fingerprint density at radius 3 is 2.32 bits per heavy atom. The van der Waals surface area contributed by atoms with E-state index in [0.717, 1.165) is 30.5 Å². The van der Waals surface area contributed by atoms with E-state index in [0.29, 0.717) is 13.1 Å². The number of benzene rings is 2. The third kappa shape index (κ3) is 7.92. The average molecular weight is 382 g/mol. The number of rotatable bonds is 11. The zero-order chi connectivity index (χ0) is 20.2. The van der Waals surface area contributed by atoms with Gasteiger partial charge in [0.25, 0.3) is 0 Å². The lowest BCUT2D eigenvalue weighted by Crippen LogP contribution is -2.41. The molecule has 0 radical (unpaired) electrons. The van der Waals surface area contributed by atoms with E-state index in [1.165, 1.54) is 5.56 Å². The zero-order valence-electron chi connectivity index (χ0n) is 16.9. The topological polar surface area (TPSA) is 61.4 Å². The van der Waals surface area contributed by atoms with E-state index < -0.39 is 0 Å². The summed E-state index contributed by atoms with van der Waals surface area (Å²) in [5.41, 5.74) is 3.11. The molecular weight excluding hydrogens is 350 g/mol. The minimum absolute atomic E-state index is 0.0368. The van der Waals surface area contributed by atoms with Crippen molar-refractivity contribution in [1.29, 1.82) is 0 Å². The van der Waals surface area contributed by atoms with Crippen LogP contribution in [-0.4, -0.2) is 42.9 Å². The molecule has 28 heavy (non-hydrogen) atoms. The van der Waals surface area contributed by atoms with E-state index in [2.05, 4.69) is 22.8 Å². The lowest BCUT2D eigenvalue weighted by atomic mass is 10.1. The predicted molar refractivity (Wildman–Crippen MR) is 114 cm³/mol.